The smallest absolute Gasteiger partial charge is 0.328 e. The van der Waals surface area contributed by atoms with Crippen LogP contribution in [0.3, 0.4) is 0 Å². The van der Waals surface area contributed by atoms with Crippen LogP contribution in [0.4, 0.5) is 10.5 Å². The van der Waals surface area contributed by atoms with Gasteiger partial charge in [-0.1, -0.05) is 36.4 Å². The topological polar surface area (TPSA) is 174 Å². The summed E-state index contributed by atoms with van der Waals surface area (Å²) in [6.45, 7) is 2.47. The van der Waals surface area contributed by atoms with Gasteiger partial charge in [0.05, 0.1) is 4.92 Å². The number of nitrogens with one attached hydrogen (secondary N) is 3. The van der Waals surface area contributed by atoms with Crippen molar-refractivity contribution in [3.05, 3.63) is 69.3 Å². The fraction of sp³-hybridized carbons (Fsp3) is 0.150. The Kier molecular flexibility index (Phi) is 5.70. The number of hydrogen-bond acceptors (Lipinski definition) is 8. The molecule has 0 aromatic heterocycles. The highest BCUT2D eigenvalue weighted by Gasteiger charge is 2.53. The van der Waals surface area contributed by atoms with Gasteiger partial charge < -0.3 is 10.1 Å². The van der Waals surface area contributed by atoms with Gasteiger partial charge in [0.1, 0.15) is 5.56 Å². The number of barbiturate groups is 1. The van der Waals surface area contributed by atoms with Gasteiger partial charge in [-0.15, -0.1) is 0 Å². The lowest BCUT2D eigenvalue weighted by Crippen LogP contribution is -2.71. The number of urea groups is 1. The van der Waals surface area contributed by atoms with Gasteiger partial charge in [0.25, 0.3) is 17.7 Å². The number of amides is 5. The van der Waals surface area contributed by atoms with Gasteiger partial charge >= 0.3 is 17.7 Å². The van der Waals surface area contributed by atoms with E-state index in [9.17, 15) is 34.1 Å². The number of nitro groups is 1. The monoisotopic (exact) mass is 440 g/mol. The number of carbonyl (C=O) groups excluding carboxylic acids is 5. The quantitative estimate of drug-likeness (QED) is 0.201. The van der Waals surface area contributed by atoms with Gasteiger partial charge in [0.2, 0.25) is 11.3 Å². The average molecular weight is 440 g/mol. The predicted octanol–water partition coefficient (Wildman–Crippen LogP) is 0.820. The van der Waals surface area contributed by atoms with Crippen LogP contribution in [0.15, 0.2) is 42.5 Å². The lowest BCUT2D eigenvalue weighted by molar-refractivity contribution is -0.386. The molecule has 0 unspecified atom stereocenters. The molecule has 164 valence electrons. The first kappa shape index (κ1) is 22.1. The van der Waals surface area contributed by atoms with Crippen molar-refractivity contribution >= 4 is 35.4 Å². The Morgan fingerprint density at radius 1 is 1.03 bits per heavy atom. The first-order valence-corrected chi connectivity index (χ1v) is 9.09. The van der Waals surface area contributed by atoms with Crippen molar-refractivity contribution in [1.82, 2.24) is 16.0 Å². The normalized spacial score (nSPS) is 14.8. The molecule has 0 spiro atoms. The van der Waals surface area contributed by atoms with Gasteiger partial charge in [-0.3, -0.25) is 39.9 Å². The van der Waals surface area contributed by atoms with Crippen molar-refractivity contribution in [3.8, 4) is 5.75 Å². The fourth-order valence-corrected chi connectivity index (χ4v) is 3.21. The van der Waals surface area contributed by atoms with E-state index in [1.54, 1.807) is 6.07 Å². The summed E-state index contributed by atoms with van der Waals surface area (Å²) in [5, 5.41) is 17.8. The van der Waals surface area contributed by atoms with Crippen LogP contribution in [-0.2, 0) is 19.9 Å². The first-order chi connectivity index (χ1) is 15.1. The van der Waals surface area contributed by atoms with Gasteiger partial charge in [-0.2, -0.15) is 0 Å². The van der Waals surface area contributed by atoms with E-state index in [4.69, 9.17) is 4.74 Å². The van der Waals surface area contributed by atoms with Gasteiger partial charge in [0, 0.05) is 6.92 Å². The van der Waals surface area contributed by atoms with E-state index in [0.717, 1.165) is 13.0 Å². The second-order valence-electron chi connectivity index (χ2n) is 6.77. The van der Waals surface area contributed by atoms with E-state index in [2.05, 4.69) is 5.32 Å². The Balaban J connectivity index is 2.16. The van der Waals surface area contributed by atoms with E-state index < -0.39 is 57.2 Å². The number of hydrogen-bond donors (Lipinski definition) is 3. The predicted molar refractivity (Wildman–Crippen MR) is 106 cm³/mol. The molecular formula is C20H16N4O8. The third kappa shape index (κ3) is 3.76. The molecular weight excluding hydrogens is 424 g/mol. The third-order valence-electron chi connectivity index (χ3n) is 4.64. The number of aryl methyl sites for hydroxylation is 1. The number of benzene rings is 2. The summed E-state index contributed by atoms with van der Waals surface area (Å²) in [7, 11) is 0. The van der Waals surface area contributed by atoms with Gasteiger partial charge in [-0.05, 0) is 24.1 Å². The Labute approximate surface area is 180 Å². The Morgan fingerprint density at radius 3 is 2.16 bits per heavy atom. The maximum Gasteiger partial charge on any atom is 0.328 e. The van der Waals surface area contributed by atoms with Crippen LogP contribution in [-0.4, -0.2) is 34.6 Å². The molecule has 2 aromatic carbocycles. The zero-order valence-electron chi connectivity index (χ0n) is 16.8. The summed E-state index contributed by atoms with van der Waals surface area (Å²) in [6.07, 6.45) is 0. The molecule has 1 heterocycles. The maximum atomic E-state index is 13.1. The molecule has 1 aliphatic rings. The number of esters is 1. The van der Waals surface area contributed by atoms with E-state index in [1.165, 1.54) is 37.3 Å². The van der Waals surface area contributed by atoms with Crippen molar-refractivity contribution in [2.75, 3.05) is 0 Å². The molecule has 0 radical (unpaired) electrons. The lowest BCUT2D eigenvalue weighted by Gasteiger charge is -2.34. The Hall–Kier alpha value is -4.61. The zero-order chi connectivity index (χ0) is 23.6. The van der Waals surface area contributed by atoms with Crippen molar-refractivity contribution in [1.29, 1.82) is 0 Å². The number of ether oxygens (including phenoxy) is 1. The Bertz CT molecular complexity index is 1160. The molecule has 12 heteroatoms. The molecule has 1 fully saturated rings. The van der Waals surface area contributed by atoms with E-state index in [1.807, 2.05) is 10.6 Å². The van der Waals surface area contributed by atoms with E-state index in [-0.39, 0.29) is 11.1 Å². The molecule has 0 atom stereocenters. The fourth-order valence-electron chi connectivity index (χ4n) is 3.21. The second kappa shape index (κ2) is 8.26. The van der Waals surface area contributed by atoms with Crippen LogP contribution in [0.1, 0.15) is 28.4 Å². The molecule has 0 aliphatic carbocycles. The van der Waals surface area contributed by atoms with Crippen molar-refractivity contribution < 1.29 is 33.6 Å². The third-order valence-corrected chi connectivity index (χ3v) is 4.64. The molecule has 0 saturated carbocycles. The van der Waals surface area contributed by atoms with Crippen LogP contribution in [0.25, 0.3) is 0 Å². The number of carbonyl (C=O) groups is 5. The van der Waals surface area contributed by atoms with Crippen LogP contribution < -0.4 is 20.7 Å². The van der Waals surface area contributed by atoms with E-state index in [0.29, 0.717) is 0 Å². The highest BCUT2D eigenvalue weighted by atomic mass is 16.6. The number of rotatable bonds is 5. The summed E-state index contributed by atoms with van der Waals surface area (Å²) in [5.41, 5.74) is -3.57. The van der Waals surface area contributed by atoms with Gasteiger partial charge in [-0.25, -0.2) is 4.79 Å². The van der Waals surface area contributed by atoms with Crippen LogP contribution >= 0.6 is 0 Å². The molecule has 5 amide bonds. The minimum absolute atomic E-state index is 0.00539. The van der Waals surface area contributed by atoms with Crippen molar-refractivity contribution in [3.63, 3.8) is 0 Å². The zero-order valence-corrected chi connectivity index (χ0v) is 16.8. The molecule has 0 bridgehead atoms. The van der Waals surface area contributed by atoms with Crippen molar-refractivity contribution in [2.24, 2.45) is 0 Å². The highest BCUT2D eigenvalue weighted by molar-refractivity contribution is 6.24. The van der Waals surface area contributed by atoms with Gasteiger partial charge in [0.15, 0.2) is 0 Å². The number of nitrogens with zero attached hydrogens (tertiary/aromatic N) is 1. The Morgan fingerprint density at radius 2 is 1.62 bits per heavy atom. The molecule has 3 rings (SSSR count). The summed E-state index contributed by atoms with van der Waals surface area (Å²) in [4.78, 5) is 72.5. The van der Waals surface area contributed by atoms with Crippen LogP contribution in [0, 0.1) is 17.0 Å². The molecule has 32 heavy (non-hydrogen) atoms. The second-order valence-corrected chi connectivity index (χ2v) is 6.77. The first-order valence-electron chi connectivity index (χ1n) is 9.09. The summed E-state index contributed by atoms with van der Waals surface area (Å²) < 4.78 is 4.92. The summed E-state index contributed by atoms with van der Waals surface area (Å²) in [6, 6.07) is 8.63. The largest absolute Gasteiger partial charge is 0.419 e. The molecule has 2 aromatic rings. The molecule has 12 nitrogen and oxygen atoms in total. The van der Waals surface area contributed by atoms with E-state index >= 15 is 0 Å². The van der Waals surface area contributed by atoms with Crippen molar-refractivity contribution in [2.45, 2.75) is 19.4 Å². The minimum Gasteiger partial charge on any atom is -0.419 e. The SMILES string of the molecule is CC(=O)Oc1c(C)ccc(C(=O)NC2(c3ccccc3)C(=O)NC(=O)NC2=O)c1[N+](=O)[O-]. The molecule has 1 aliphatic heterocycles. The summed E-state index contributed by atoms with van der Waals surface area (Å²) >= 11 is 0. The molecule has 1 saturated heterocycles. The minimum atomic E-state index is -2.40. The van der Waals surface area contributed by atoms with Crippen LogP contribution in [0.2, 0.25) is 0 Å². The number of imide groups is 2. The average Bonchev–Trinajstić information content (AvgIpc) is 2.72. The van der Waals surface area contributed by atoms with Crippen LogP contribution in [0.5, 0.6) is 5.75 Å². The number of nitro benzene ring substituents is 1. The lowest BCUT2D eigenvalue weighted by atomic mass is 9.86. The highest BCUT2D eigenvalue weighted by Crippen LogP contribution is 2.35. The maximum absolute atomic E-state index is 13.1. The summed E-state index contributed by atoms with van der Waals surface area (Å²) in [5.74, 6) is -4.79. The standard InChI is InChI=1S/C20H16N4O8/c1-10-8-9-13(14(24(30)31)15(10)32-11(2)25)16(26)23-20(12-6-4-3-5-7-12)17(27)21-19(29)22-18(20)28/h3-9H,1-2H3,(H,23,26)(H2,21,22,27,28,29). The molecule has 3 N–H and O–H groups in total.